The molecule has 0 spiro atoms. The first kappa shape index (κ1) is 27.9. The van der Waals surface area contributed by atoms with Gasteiger partial charge in [-0.1, -0.05) is 24.3 Å². The second-order valence-corrected chi connectivity index (χ2v) is 9.98. The van der Waals surface area contributed by atoms with Crippen LogP contribution in [0.2, 0.25) is 0 Å². The fraction of sp³-hybridized carbons (Fsp3) is 0.0667. The Kier molecular flexibility index (Phi) is 9.16. The molecule has 0 radical (unpaired) electrons. The number of amides is 4. The number of furan rings is 1. The van der Waals surface area contributed by atoms with Gasteiger partial charge in [0.05, 0.1) is 11.5 Å². The molecule has 40 heavy (non-hydrogen) atoms. The van der Waals surface area contributed by atoms with Crippen LogP contribution < -0.4 is 21.7 Å². The summed E-state index contributed by atoms with van der Waals surface area (Å²) in [6, 6.07) is 25.2. The average Bonchev–Trinajstić information content (AvgIpc) is 3.47. The minimum atomic E-state index is -0.548. The molecule has 0 aliphatic carbocycles. The van der Waals surface area contributed by atoms with Gasteiger partial charge in [-0.2, -0.15) is 0 Å². The smallest absolute Gasteiger partial charge is 0.272 e. The number of anilines is 2. The summed E-state index contributed by atoms with van der Waals surface area (Å²) < 4.78 is 5.33. The van der Waals surface area contributed by atoms with Crippen molar-refractivity contribution in [3.8, 4) is 0 Å². The standard InChI is InChI=1S/C30H26N4O5S/c1-19(28(36)32-22-14-12-20(13-15-22)27(31)35)40-25-11-5-9-23(17-25)33-30(38)26(18-24-10-6-16-39-24)34-29(37)21-7-3-2-4-8-21/h2-19H,1H3,(H2,31,35)(H,32,36)(H,33,38)(H,34,37)/b26-18-. The summed E-state index contributed by atoms with van der Waals surface area (Å²) in [5, 5.41) is 7.78. The highest BCUT2D eigenvalue weighted by molar-refractivity contribution is 8.00. The van der Waals surface area contributed by atoms with Gasteiger partial charge >= 0.3 is 0 Å². The first-order valence-electron chi connectivity index (χ1n) is 12.2. The molecule has 9 nitrogen and oxygen atoms in total. The van der Waals surface area contributed by atoms with Gasteiger partial charge in [-0.3, -0.25) is 19.2 Å². The summed E-state index contributed by atoms with van der Waals surface area (Å²) in [4.78, 5) is 50.6. The van der Waals surface area contributed by atoms with Gasteiger partial charge in [0.15, 0.2) is 0 Å². The number of hydrogen-bond donors (Lipinski definition) is 4. The Bertz CT molecular complexity index is 1530. The Morgan fingerprint density at radius 2 is 1.57 bits per heavy atom. The minimum absolute atomic E-state index is 0.00282. The third-order valence-corrected chi connectivity index (χ3v) is 6.66. The zero-order chi connectivity index (χ0) is 28.5. The third-order valence-electron chi connectivity index (χ3n) is 5.57. The predicted octanol–water partition coefficient (Wildman–Crippen LogP) is 4.91. The molecule has 1 unspecified atom stereocenters. The molecule has 0 saturated carbocycles. The molecule has 0 aliphatic heterocycles. The van der Waals surface area contributed by atoms with E-state index >= 15 is 0 Å². The van der Waals surface area contributed by atoms with Gasteiger partial charge in [0, 0.05) is 33.5 Å². The maximum Gasteiger partial charge on any atom is 0.272 e. The van der Waals surface area contributed by atoms with E-state index in [1.165, 1.54) is 24.1 Å². The van der Waals surface area contributed by atoms with Crippen LogP contribution in [0.3, 0.4) is 0 Å². The van der Waals surface area contributed by atoms with Crippen molar-refractivity contribution in [1.82, 2.24) is 5.32 Å². The summed E-state index contributed by atoms with van der Waals surface area (Å²) in [5.41, 5.74) is 7.01. The highest BCUT2D eigenvalue weighted by atomic mass is 32.2. The molecular formula is C30H26N4O5S. The van der Waals surface area contributed by atoms with Gasteiger partial charge in [-0.05, 0) is 73.7 Å². The lowest BCUT2D eigenvalue weighted by atomic mass is 10.2. The molecule has 4 amide bonds. The Balaban J connectivity index is 1.42. The Morgan fingerprint density at radius 3 is 2.25 bits per heavy atom. The summed E-state index contributed by atoms with van der Waals surface area (Å²) in [6.07, 6.45) is 2.91. The van der Waals surface area contributed by atoms with Crippen LogP contribution in [-0.2, 0) is 9.59 Å². The van der Waals surface area contributed by atoms with Gasteiger partial charge < -0.3 is 26.1 Å². The highest BCUT2D eigenvalue weighted by Crippen LogP contribution is 2.27. The molecule has 0 aliphatic rings. The summed E-state index contributed by atoms with van der Waals surface area (Å²) >= 11 is 1.30. The molecule has 1 atom stereocenters. The van der Waals surface area contributed by atoms with E-state index in [0.29, 0.717) is 28.3 Å². The number of carbonyl (C=O) groups excluding carboxylic acids is 4. The quantitative estimate of drug-likeness (QED) is 0.162. The monoisotopic (exact) mass is 554 g/mol. The second-order valence-electron chi connectivity index (χ2n) is 8.57. The van der Waals surface area contributed by atoms with Gasteiger partial charge in [-0.15, -0.1) is 11.8 Å². The number of carbonyl (C=O) groups is 4. The van der Waals surface area contributed by atoms with E-state index in [0.717, 1.165) is 4.90 Å². The Hall–Kier alpha value is -5.09. The van der Waals surface area contributed by atoms with Crippen molar-refractivity contribution in [3.63, 3.8) is 0 Å². The Labute approximate surface area is 234 Å². The number of nitrogens with two attached hydrogens (primary N) is 1. The molecule has 10 heteroatoms. The first-order chi connectivity index (χ1) is 19.3. The van der Waals surface area contributed by atoms with Crippen molar-refractivity contribution in [2.45, 2.75) is 17.1 Å². The van der Waals surface area contributed by atoms with Crippen LogP contribution in [0.25, 0.3) is 6.08 Å². The van der Waals surface area contributed by atoms with E-state index in [2.05, 4.69) is 16.0 Å². The van der Waals surface area contributed by atoms with E-state index < -0.39 is 23.0 Å². The average molecular weight is 555 g/mol. The lowest BCUT2D eigenvalue weighted by molar-refractivity contribution is -0.115. The lowest BCUT2D eigenvalue weighted by Crippen LogP contribution is -2.30. The summed E-state index contributed by atoms with van der Waals surface area (Å²) in [6.45, 7) is 1.76. The normalized spacial score (nSPS) is 11.8. The van der Waals surface area contributed by atoms with Gasteiger partial charge in [0.1, 0.15) is 11.5 Å². The number of rotatable bonds is 10. The van der Waals surface area contributed by atoms with Crippen molar-refractivity contribution >= 4 is 52.8 Å². The molecule has 0 saturated heterocycles. The largest absolute Gasteiger partial charge is 0.465 e. The lowest BCUT2D eigenvalue weighted by Gasteiger charge is -2.14. The van der Waals surface area contributed by atoms with E-state index in [-0.39, 0.29) is 11.6 Å². The number of benzene rings is 3. The summed E-state index contributed by atoms with van der Waals surface area (Å²) in [5.74, 6) is -1.38. The van der Waals surface area contributed by atoms with Crippen LogP contribution in [0.4, 0.5) is 11.4 Å². The van der Waals surface area contributed by atoms with E-state index in [1.807, 2.05) is 6.07 Å². The topological polar surface area (TPSA) is 144 Å². The molecule has 5 N–H and O–H groups in total. The van der Waals surface area contributed by atoms with Gasteiger partial charge in [0.25, 0.3) is 11.8 Å². The zero-order valence-electron chi connectivity index (χ0n) is 21.4. The van der Waals surface area contributed by atoms with E-state index in [4.69, 9.17) is 10.2 Å². The third kappa shape index (κ3) is 7.71. The number of primary amides is 1. The minimum Gasteiger partial charge on any atom is -0.465 e. The number of hydrogen-bond acceptors (Lipinski definition) is 6. The van der Waals surface area contributed by atoms with Crippen LogP contribution in [0.15, 0.2) is 112 Å². The molecule has 1 heterocycles. The maximum absolute atomic E-state index is 13.2. The number of nitrogens with one attached hydrogen (secondary N) is 3. The van der Waals surface area contributed by atoms with Gasteiger partial charge in [-0.25, -0.2) is 0 Å². The fourth-order valence-corrected chi connectivity index (χ4v) is 4.45. The second kappa shape index (κ2) is 13.1. The highest BCUT2D eigenvalue weighted by Gasteiger charge is 2.18. The van der Waals surface area contributed by atoms with Crippen LogP contribution in [0.5, 0.6) is 0 Å². The van der Waals surface area contributed by atoms with Crippen LogP contribution >= 0.6 is 11.8 Å². The van der Waals surface area contributed by atoms with Crippen molar-refractivity contribution in [2.75, 3.05) is 10.6 Å². The van der Waals surface area contributed by atoms with Crippen molar-refractivity contribution < 1.29 is 23.6 Å². The molecule has 3 aromatic carbocycles. The predicted molar refractivity (Wildman–Crippen MR) is 155 cm³/mol. The molecular weight excluding hydrogens is 528 g/mol. The molecule has 1 aromatic heterocycles. The van der Waals surface area contributed by atoms with Crippen molar-refractivity contribution in [1.29, 1.82) is 0 Å². The molecule has 4 rings (SSSR count). The van der Waals surface area contributed by atoms with E-state index in [9.17, 15) is 19.2 Å². The first-order valence-corrected chi connectivity index (χ1v) is 13.1. The zero-order valence-corrected chi connectivity index (χ0v) is 22.2. The molecule has 0 fully saturated rings. The number of thioether (sulfide) groups is 1. The molecule has 4 aromatic rings. The maximum atomic E-state index is 13.2. The molecule has 202 valence electrons. The van der Waals surface area contributed by atoms with E-state index in [1.54, 1.807) is 91.9 Å². The van der Waals surface area contributed by atoms with Crippen LogP contribution in [0.1, 0.15) is 33.4 Å². The SMILES string of the molecule is CC(Sc1cccc(NC(=O)/C(=C/c2ccco2)NC(=O)c2ccccc2)c1)C(=O)Nc1ccc(C(N)=O)cc1. The van der Waals surface area contributed by atoms with Crippen LogP contribution in [-0.4, -0.2) is 28.9 Å². The van der Waals surface area contributed by atoms with Gasteiger partial charge in [0.2, 0.25) is 11.8 Å². The summed E-state index contributed by atoms with van der Waals surface area (Å²) in [7, 11) is 0. The Morgan fingerprint density at radius 1 is 0.825 bits per heavy atom. The fourth-order valence-electron chi connectivity index (χ4n) is 3.52. The van der Waals surface area contributed by atoms with Crippen LogP contribution in [0, 0.1) is 0 Å². The van der Waals surface area contributed by atoms with Crippen molar-refractivity contribution in [3.05, 3.63) is 120 Å². The van der Waals surface area contributed by atoms with Crippen molar-refractivity contribution in [2.24, 2.45) is 5.73 Å². The molecule has 0 bridgehead atoms.